The van der Waals surface area contributed by atoms with Crippen molar-refractivity contribution in [2.24, 2.45) is 0 Å². The second-order valence-electron chi connectivity index (χ2n) is 6.03. The summed E-state index contributed by atoms with van der Waals surface area (Å²) in [6.45, 7) is 14.4. The zero-order valence-electron chi connectivity index (χ0n) is 12.7. The van der Waals surface area contributed by atoms with Gasteiger partial charge < -0.3 is 9.53 Å². The molecular formula is C13H28O3SSi. The molecule has 0 spiro atoms. The lowest BCUT2D eigenvalue weighted by molar-refractivity contribution is -0.122. The van der Waals surface area contributed by atoms with E-state index >= 15 is 0 Å². The monoisotopic (exact) mass is 292 g/mol. The highest BCUT2D eigenvalue weighted by Crippen LogP contribution is 2.38. The maximum atomic E-state index is 12.0. The smallest absolute Gasteiger partial charge is 0.219 e. The van der Waals surface area contributed by atoms with Crippen LogP contribution in [0, 0.1) is 0 Å². The normalized spacial score (nSPS) is 16.4. The third kappa shape index (κ3) is 5.03. The highest BCUT2D eigenvalue weighted by atomic mass is 32.2. The summed E-state index contributed by atoms with van der Waals surface area (Å²) in [6.07, 6.45) is -0.846. The lowest BCUT2D eigenvalue weighted by Gasteiger charge is -2.39. The summed E-state index contributed by atoms with van der Waals surface area (Å²) in [5, 5.41) is 10.00. The van der Waals surface area contributed by atoms with E-state index in [0.717, 1.165) is 0 Å². The Balaban J connectivity index is 4.96. The second kappa shape index (κ2) is 7.08. The molecule has 0 saturated heterocycles. The van der Waals surface area contributed by atoms with E-state index in [4.69, 9.17) is 4.43 Å². The molecule has 1 N–H and O–H groups in total. The third-order valence-electron chi connectivity index (χ3n) is 3.51. The van der Waals surface area contributed by atoms with Gasteiger partial charge in [0.2, 0.25) is 5.12 Å². The highest BCUT2D eigenvalue weighted by molar-refractivity contribution is 8.13. The standard InChI is InChI=1S/C13H28O3SSi/c1-8-10(14)11(12(15)17-9-2)16-18(6,7)13(3,4)5/h10-11,14H,8-9H2,1-7H3/t10-,11+/m1/s1. The molecule has 0 aliphatic heterocycles. The second-order valence-corrected chi connectivity index (χ2v) is 12.1. The quantitative estimate of drug-likeness (QED) is 0.762. The van der Waals surface area contributed by atoms with Gasteiger partial charge in [-0.2, -0.15) is 0 Å². The van der Waals surface area contributed by atoms with E-state index in [1.54, 1.807) is 0 Å². The number of thioether (sulfide) groups is 1. The van der Waals surface area contributed by atoms with E-state index in [0.29, 0.717) is 12.2 Å². The Kier molecular flexibility index (Phi) is 7.14. The molecule has 0 aromatic heterocycles. The van der Waals surface area contributed by atoms with Crippen LogP contribution < -0.4 is 0 Å². The van der Waals surface area contributed by atoms with Crippen LogP contribution in [0.1, 0.15) is 41.0 Å². The zero-order valence-corrected chi connectivity index (χ0v) is 14.6. The summed E-state index contributed by atoms with van der Waals surface area (Å²) in [7, 11) is -2.03. The predicted octanol–water partition coefficient (Wildman–Crippen LogP) is 3.43. The number of aliphatic hydroxyl groups excluding tert-OH is 1. The summed E-state index contributed by atoms with van der Waals surface area (Å²) < 4.78 is 6.09. The van der Waals surface area contributed by atoms with Crippen LogP contribution in [-0.4, -0.2) is 36.5 Å². The van der Waals surface area contributed by atoms with Gasteiger partial charge in [-0.05, 0) is 30.3 Å². The van der Waals surface area contributed by atoms with Crippen LogP contribution in [0.3, 0.4) is 0 Å². The Bertz CT molecular complexity index is 274. The van der Waals surface area contributed by atoms with Gasteiger partial charge in [0, 0.05) is 0 Å². The molecule has 0 rings (SSSR count). The van der Waals surface area contributed by atoms with Gasteiger partial charge >= 0.3 is 0 Å². The molecule has 18 heavy (non-hydrogen) atoms. The van der Waals surface area contributed by atoms with E-state index in [1.165, 1.54) is 11.8 Å². The molecule has 0 aromatic carbocycles. The van der Waals surface area contributed by atoms with Gasteiger partial charge in [-0.1, -0.05) is 46.4 Å². The molecule has 0 saturated carbocycles. The molecule has 0 aromatic rings. The molecule has 0 fully saturated rings. The number of hydrogen-bond acceptors (Lipinski definition) is 4. The summed E-state index contributed by atoms with van der Waals surface area (Å²) >= 11 is 1.23. The van der Waals surface area contributed by atoms with Crippen molar-refractivity contribution in [3.8, 4) is 0 Å². The molecule has 5 heteroatoms. The minimum Gasteiger partial charge on any atom is -0.404 e. The molecule has 0 bridgehead atoms. The largest absolute Gasteiger partial charge is 0.404 e. The van der Waals surface area contributed by atoms with Gasteiger partial charge in [0.15, 0.2) is 8.32 Å². The van der Waals surface area contributed by atoms with Crippen LogP contribution in [0.4, 0.5) is 0 Å². The topological polar surface area (TPSA) is 46.5 Å². The first-order valence-corrected chi connectivity index (χ1v) is 10.5. The number of carbonyl (C=O) groups is 1. The fourth-order valence-corrected chi connectivity index (χ4v) is 3.21. The van der Waals surface area contributed by atoms with E-state index in [-0.39, 0.29) is 10.2 Å². The average Bonchev–Trinajstić information content (AvgIpc) is 2.23. The lowest BCUT2D eigenvalue weighted by Crippen LogP contribution is -2.49. The zero-order chi connectivity index (χ0) is 14.6. The maximum absolute atomic E-state index is 12.0. The first-order chi connectivity index (χ1) is 8.06. The molecule has 0 heterocycles. The fraction of sp³-hybridized carbons (Fsp3) is 0.923. The SMILES string of the molecule is CCSC(=O)[C@@H](O[Si](C)(C)C(C)(C)C)[C@H](O)CC. The molecule has 0 radical (unpaired) electrons. The summed E-state index contributed by atoms with van der Waals surface area (Å²) in [4.78, 5) is 12.0. The number of hydrogen-bond donors (Lipinski definition) is 1. The van der Waals surface area contributed by atoms with Gasteiger partial charge in [-0.3, -0.25) is 4.79 Å². The Morgan fingerprint density at radius 2 is 1.83 bits per heavy atom. The maximum Gasteiger partial charge on any atom is 0.219 e. The van der Waals surface area contributed by atoms with E-state index in [9.17, 15) is 9.90 Å². The molecule has 0 aliphatic carbocycles. The molecule has 0 aliphatic rings. The predicted molar refractivity (Wildman–Crippen MR) is 81.5 cm³/mol. The first-order valence-electron chi connectivity index (χ1n) is 6.59. The summed E-state index contributed by atoms with van der Waals surface area (Å²) in [5.41, 5.74) is 0. The highest BCUT2D eigenvalue weighted by Gasteiger charge is 2.42. The van der Waals surface area contributed by atoms with E-state index in [2.05, 4.69) is 33.9 Å². The van der Waals surface area contributed by atoms with Crippen LogP contribution >= 0.6 is 11.8 Å². The van der Waals surface area contributed by atoms with Crippen molar-refractivity contribution in [3.63, 3.8) is 0 Å². The Labute approximate surface area is 117 Å². The van der Waals surface area contributed by atoms with Gasteiger partial charge in [-0.25, -0.2) is 0 Å². The Morgan fingerprint density at radius 1 is 1.33 bits per heavy atom. The van der Waals surface area contributed by atoms with Gasteiger partial charge in [0.25, 0.3) is 0 Å². The first kappa shape index (κ1) is 18.2. The fourth-order valence-electron chi connectivity index (χ4n) is 1.22. The van der Waals surface area contributed by atoms with Crippen molar-refractivity contribution in [2.45, 2.75) is 71.4 Å². The Hall–Kier alpha value is 0.157. The van der Waals surface area contributed by atoms with Crippen LogP contribution in [-0.2, 0) is 9.22 Å². The van der Waals surface area contributed by atoms with Crippen molar-refractivity contribution in [2.75, 3.05) is 5.75 Å². The van der Waals surface area contributed by atoms with Crippen molar-refractivity contribution < 1.29 is 14.3 Å². The van der Waals surface area contributed by atoms with Crippen LogP contribution in [0.25, 0.3) is 0 Å². The molecule has 0 amide bonds. The minimum atomic E-state index is -2.03. The molecular weight excluding hydrogens is 264 g/mol. The van der Waals surface area contributed by atoms with E-state index < -0.39 is 20.5 Å². The molecule has 2 atom stereocenters. The van der Waals surface area contributed by atoms with Crippen molar-refractivity contribution >= 4 is 25.2 Å². The minimum absolute atomic E-state index is 0.0376. The van der Waals surface area contributed by atoms with Gasteiger partial charge in [0.05, 0.1) is 6.10 Å². The van der Waals surface area contributed by atoms with Crippen LogP contribution in [0.5, 0.6) is 0 Å². The summed E-state index contributed by atoms with van der Waals surface area (Å²) in [5.74, 6) is 0.715. The lowest BCUT2D eigenvalue weighted by atomic mass is 10.2. The van der Waals surface area contributed by atoms with Crippen LogP contribution in [0.2, 0.25) is 18.1 Å². The van der Waals surface area contributed by atoms with E-state index in [1.807, 2.05) is 13.8 Å². The van der Waals surface area contributed by atoms with Crippen LogP contribution in [0.15, 0.2) is 0 Å². The average molecular weight is 293 g/mol. The van der Waals surface area contributed by atoms with Crippen molar-refractivity contribution in [3.05, 3.63) is 0 Å². The van der Waals surface area contributed by atoms with Gasteiger partial charge in [0.1, 0.15) is 6.10 Å². The number of carbonyl (C=O) groups excluding carboxylic acids is 1. The molecule has 0 unspecified atom stereocenters. The van der Waals surface area contributed by atoms with Crippen molar-refractivity contribution in [1.82, 2.24) is 0 Å². The third-order valence-corrected chi connectivity index (χ3v) is 8.78. The number of aliphatic hydroxyl groups is 1. The molecule has 108 valence electrons. The Morgan fingerprint density at radius 3 is 2.17 bits per heavy atom. The number of rotatable bonds is 6. The van der Waals surface area contributed by atoms with Gasteiger partial charge in [-0.15, -0.1) is 0 Å². The summed E-state index contributed by atoms with van der Waals surface area (Å²) in [6, 6.07) is 0. The van der Waals surface area contributed by atoms with Crippen molar-refractivity contribution in [1.29, 1.82) is 0 Å². The molecule has 3 nitrogen and oxygen atoms in total.